The number of anilines is 1. The molecule has 0 unspecified atom stereocenters. The largest absolute Gasteiger partial charge is 0.370 e. The molecule has 5 heteroatoms. The lowest BCUT2D eigenvalue weighted by atomic mass is 10.1. The van der Waals surface area contributed by atoms with E-state index < -0.39 is 0 Å². The highest BCUT2D eigenvalue weighted by Crippen LogP contribution is 2.15. The van der Waals surface area contributed by atoms with Gasteiger partial charge in [0.05, 0.1) is 17.9 Å². The fourth-order valence-corrected chi connectivity index (χ4v) is 2.64. The number of para-hydroxylation sites is 1. The van der Waals surface area contributed by atoms with Gasteiger partial charge in [0.2, 0.25) is 0 Å². The lowest BCUT2D eigenvalue weighted by Crippen LogP contribution is -2.22. The summed E-state index contributed by atoms with van der Waals surface area (Å²) in [6.07, 6.45) is 2.94. The van der Waals surface area contributed by atoms with Gasteiger partial charge in [0.15, 0.2) is 5.96 Å². The van der Waals surface area contributed by atoms with Gasteiger partial charge in [-0.3, -0.25) is 0 Å². The molecule has 0 saturated carbocycles. The van der Waals surface area contributed by atoms with E-state index in [9.17, 15) is 0 Å². The molecule has 128 valence electrons. The molecule has 3 N–H and O–H groups in total. The Morgan fingerprint density at radius 1 is 1.16 bits per heavy atom. The first kappa shape index (κ1) is 16.8. The number of rotatable bonds is 5. The van der Waals surface area contributed by atoms with Crippen LogP contribution < -0.4 is 11.1 Å². The van der Waals surface area contributed by atoms with Gasteiger partial charge in [0.1, 0.15) is 0 Å². The number of hydrogen-bond donors (Lipinski definition) is 2. The van der Waals surface area contributed by atoms with Crippen molar-refractivity contribution in [2.75, 3.05) is 5.32 Å². The predicted octanol–water partition coefficient (Wildman–Crippen LogP) is 3.67. The molecule has 0 fully saturated rings. The van der Waals surface area contributed by atoms with Crippen molar-refractivity contribution in [3.63, 3.8) is 0 Å². The highest BCUT2D eigenvalue weighted by Gasteiger charge is 2.05. The topological polar surface area (TPSA) is 68.2 Å². The van der Waals surface area contributed by atoms with E-state index in [1.54, 1.807) is 0 Å². The molecule has 0 atom stereocenters. The van der Waals surface area contributed by atoms with Gasteiger partial charge in [0, 0.05) is 11.9 Å². The molecule has 0 spiro atoms. The Morgan fingerprint density at radius 3 is 2.76 bits per heavy atom. The van der Waals surface area contributed by atoms with Crippen LogP contribution in [0, 0.1) is 6.92 Å². The molecule has 0 bridgehead atoms. The SMILES string of the molecule is CCc1cccc(NC(N)=NCc2ccccc2-n2ccc(C)n2)c1. The first-order chi connectivity index (χ1) is 12.2. The normalized spacial score (nSPS) is 11.5. The van der Waals surface area contributed by atoms with Crippen LogP contribution in [0.1, 0.15) is 23.7 Å². The van der Waals surface area contributed by atoms with Crippen molar-refractivity contribution in [3.8, 4) is 5.69 Å². The second-order valence-corrected chi connectivity index (χ2v) is 5.91. The Kier molecular flexibility index (Phi) is 5.14. The molecule has 0 aliphatic rings. The number of aryl methyl sites for hydroxylation is 2. The average Bonchev–Trinajstić information content (AvgIpc) is 3.06. The lowest BCUT2D eigenvalue weighted by molar-refractivity contribution is 0.844. The molecule has 25 heavy (non-hydrogen) atoms. The van der Waals surface area contributed by atoms with Crippen LogP contribution in [0.4, 0.5) is 5.69 Å². The molecule has 2 aromatic carbocycles. The molecular formula is C20H23N5. The number of nitrogens with one attached hydrogen (secondary N) is 1. The molecule has 1 heterocycles. The molecule has 0 saturated heterocycles. The van der Waals surface area contributed by atoms with E-state index in [1.807, 2.05) is 60.3 Å². The minimum atomic E-state index is 0.403. The fourth-order valence-electron chi connectivity index (χ4n) is 2.64. The summed E-state index contributed by atoms with van der Waals surface area (Å²) in [6, 6.07) is 18.2. The zero-order chi connectivity index (χ0) is 17.6. The number of aliphatic imine (C=N–C) groups is 1. The minimum absolute atomic E-state index is 0.403. The Hall–Kier alpha value is -3.08. The van der Waals surface area contributed by atoms with Crippen LogP contribution in [0.15, 0.2) is 65.8 Å². The number of aromatic nitrogens is 2. The molecule has 3 aromatic rings. The van der Waals surface area contributed by atoms with E-state index in [1.165, 1.54) is 5.56 Å². The van der Waals surface area contributed by atoms with Crippen LogP contribution in [0.3, 0.4) is 0 Å². The van der Waals surface area contributed by atoms with Crippen molar-refractivity contribution >= 4 is 11.6 Å². The number of benzene rings is 2. The van der Waals surface area contributed by atoms with E-state index in [0.29, 0.717) is 12.5 Å². The van der Waals surface area contributed by atoms with Crippen molar-refractivity contribution in [2.45, 2.75) is 26.8 Å². The van der Waals surface area contributed by atoms with Gasteiger partial charge in [-0.1, -0.05) is 37.3 Å². The minimum Gasteiger partial charge on any atom is -0.370 e. The van der Waals surface area contributed by atoms with Crippen LogP contribution >= 0.6 is 0 Å². The second-order valence-electron chi connectivity index (χ2n) is 5.91. The van der Waals surface area contributed by atoms with Crippen LogP contribution in [-0.2, 0) is 13.0 Å². The Labute approximate surface area is 148 Å². The number of nitrogens with two attached hydrogens (primary N) is 1. The highest BCUT2D eigenvalue weighted by atomic mass is 15.3. The number of guanidine groups is 1. The summed E-state index contributed by atoms with van der Waals surface area (Å²) in [4.78, 5) is 4.48. The summed E-state index contributed by atoms with van der Waals surface area (Å²) < 4.78 is 1.87. The summed E-state index contributed by atoms with van der Waals surface area (Å²) >= 11 is 0. The maximum absolute atomic E-state index is 6.05. The molecule has 3 rings (SSSR count). The number of hydrogen-bond acceptors (Lipinski definition) is 2. The Bertz CT molecular complexity index is 879. The van der Waals surface area contributed by atoms with Crippen molar-refractivity contribution in [3.05, 3.63) is 77.6 Å². The third-order valence-electron chi connectivity index (χ3n) is 3.99. The summed E-state index contributed by atoms with van der Waals surface area (Å²) in [5.41, 5.74) is 11.3. The third kappa shape index (κ3) is 4.26. The predicted molar refractivity (Wildman–Crippen MR) is 103 cm³/mol. The van der Waals surface area contributed by atoms with Gasteiger partial charge >= 0.3 is 0 Å². The molecule has 0 aliphatic carbocycles. The quantitative estimate of drug-likeness (QED) is 0.553. The van der Waals surface area contributed by atoms with Crippen LogP contribution in [0.5, 0.6) is 0 Å². The summed E-state index contributed by atoms with van der Waals surface area (Å²) in [6.45, 7) is 4.59. The average molecular weight is 333 g/mol. The third-order valence-corrected chi connectivity index (χ3v) is 3.99. The van der Waals surface area contributed by atoms with Crippen LogP contribution in [0.25, 0.3) is 5.69 Å². The van der Waals surface area contributed by atoms with E-state index in [4.69, 9.17) is 5.73 Å². The van der Waals surface area contributed by atoms with Gasteiger partial charge in [0.25, 0.3) is 0 Å². The standard InChI is InChI=1S/C20H23N5/c1-3-16-7-6-9-18(13-16)23-20(21)22-14-17-8-4-5-10-19(17)25-12-11-15(2)24-25/h4-13H,3,14H2,1-2H3,(H3,21,22,23). The molecule has 1 aromatic heterocycles. The zero-order valence-corrected chi connectivity index (χ0v) is 14.6. The van der Waals surface area contributed by atoms with Crippen molar-refractivity contribution < 1.29 is 0 Å². The van der Waals surface area contributed by atoms with Crippen molar-refractivity contribution in [1.29, 1.82) is 0 Å². The number of nitrogens with zero attached hydrogens (tertiary/aromatic N) is 3. The summed E-state index contributed by atoms with van der Waals surface area (Å²) in [7, 11) is 0. The van der Waals surface area contributed by atoms with Crippen molar-refractivity contribution in [1.82, 2.24) is 9.78 Å². The van der Waals surface area contributed by atoms with Gasteiger partial charge in [-0.25, -0.2) is 9.67 Å². The molecule has 0 radical (unpaired) electrons. The Morgan fingerprint density at radius 2 is 2.00 bits per heavy atom. The van der Waals surface area contributed by atoms with Gasteiger partial charge in [-0.2, -0.15) is 5.10 Å². The van der Waals surface area contributed by atoms with Gasteiger partial charge in [-0.05, 0) is 48.7 Å². The van der Waals surface area contributed by atoms with E-state index in [-0.39, 0.29) is 0 Å². The molecular weight excluding hydrogens is 310 g/mol. The van der Waals surface area contributed by atoms with Crippen LogP contribution in [-0.4, -0.2) is 15.7 Å². The molecule has 0 amide bonds. The van der Waals surface area contributed by atoms with E-state index >= 15 is 0 Å². The highest BCUT2D eigenvalue weighted by molar-refractivity contribution is 5.92. The molecule has 5 nitrogen and oxygen atoms in total. The second kappa shape index (κ2) is 7.66. The van der Waals surface area contributed by atoms with E-state index in [2.05, 4.69) is 34.5 Å². The first-order valence-corrected chi connectivity index (χ1v) is 8.42. The smallest absolute Gasteiger partial charge is 0.193 e. The van der Waals surface area contributed by atoms with E-state index in [0.717, 1.165) is 29.1 Å². The maximum Gasteiger partial charge on any atom is 0.193 e. The van der Waals surface area contributed by atoms with Gasteiger partial charge in [-0.15, -0.1) is 0 Å². The van der Waals surface area contributed by atoms with Crippen molar-refractivity contribution in [2.24, 2.45) is 10.7 Å². The lowest BCUT2D eigenvalue weighted by Gasteiger charge is -2.09. The monoisotopic (exact) mass is 333 g/mol. The maximum atomic E-state index is 6.05. The first-order valence-electron chi connectivity index (χ1n) is 8.42. The fraction of sp³-hybridized carbons (Fsp3) is 0.200. The van der Waals surface area contributed by atoms with Gasteiger partial charge < -0.3 is 11.1 Å². The zero-order valence-electron chi connectivity index (χ0n) is 14.6. The van der Waals surface area contributed by atoms with Crippen LogP contribution in [0.2, 0.25) is 0 Å². The molecule has 0 aliphatic heterocycles. The summed E-state index contributed by atoms with van der Waals surface area (Å²) in [5.74, 6) is 0.403. The summed E-state index contributed by atoms with van der Waals surface area (Å²) in [5, 5.41) is 7.63. The Balaban J connectivity index is 1.75.